The molecule has 0 nitrogen and oxygen atoms in total. The lowest BCUT2D eigenvalue weighted by Gasteiger charge is -2.05. The Morgan fingerprint density at radius 3 is 0.571 bits per heavy atom. The molecule has 0 unspecified atom stereocenters. The van der Waals surface area contributed by atoms with Crippen LogP contribution in [0.1, 0.15) is 116 Å². The molecule has 6 rings (SSSR count). The number of allylic oxidation sites excluding steroid dienone is 12. The molecule has 6 heteroatoms. The zero-order chi connectivity index (χ0) is 25.5. The lowest BCUT2D eigenvalue weighted by molar-refractivity contribution is 0.504. The zero-order valence-corrected chi connectivity index (χ0v) is 26.6. The summed E-state index contributed by atoms with van der Waals surface area (Å²) in [6, 6.07) is 12.0. The van der Waals surface area contributed by atoms with Crippen molar-refractivity contribution in [3.05, 3.63) is 109 Å². The van der Waals surface area contributed by atoms with Gasteiger partial charge in [-0.2, -0.15) is 0 Å². The molecule has 0 saturated heterocycles. The number of rotatable bonds is 0. The van der Waals surface area contributed by atoms with Gasteiger partial charge in [0, 0.05) is 50.5 Å². The van der Waals surface area contributed by atoms with E-state index in [1.165, 1.54) is 103 Å². The molecule has 1 aromatic rings. The van der Waals surface area contributed by atoms with Crippen LogP contribution in [0, 0.1) is 0 Å². The first-order chi connectivity index (χ1) is 18.0. The average molecular weight is 552 g/mol. The second-order valence-electron chi connectivity index (χ2n) is 9.64. The molecule has 5 aliphatic carbocycles. The molecule has 216 valence electrons. The first kappa shape index (κ1) is 52.7. The van der Waals surface area contributed by atoms with E-state index < -0.39 is 0 Å². The van der Waals surface area contributed by atoms with Crippen LogP contribution in [-0.4, -0.2) is 50.5 Å². The second-order valence-corrected chi connectivity index (χ2v) is 9.64. The summed E-state index contributed by atoms with van der Waals surface area (Å²) >= 11 is 0. The van der Waals surface area contributed by atoms with Crippen LogP contribution in [0.2, 0.25) is 0 Å². The van der Waals surface area contributed by atoms with Crippen molar-refractivity contribution in [2.24, 2.45) is 0 Å². The van der Waals surface area contributed by atoms with E-state index >= 15 is 0 Å². The summed E-state index contributed by atoms with van der Waals surface area (Å²) in [5.41, 5.74) is 0. The van der Waals surface area contributed by atoms with Crippen LogP contribution in [0.4, 0.5) is 0 Å². The van der Waals surface area contributed by atoms with Crippen molar-refractivity contribution in [3.63, 3.8) is 0 Å². The van der Waals surface area contributed by atoms with Gasteiger partial charge in [0.25, 0.3) is 0 Å². The van der Waals surface area contributed by atoms with E-state index in [1.807, 2.05) is 36.4 Å². The quantitative estimate of drug-likeness (QED) is 0.222. The molecule has 0 amide bonds. The van der Waals surface area contributed by atoms with Crippen molar-refractivity contribution >= 4 is 50.5 Å². The van der Waals surface area contributed by atoms with Gasteiger partial charge in [-0.15, -0.1) is 0 Å². The Hall–Kier alpha value is -1.95. The van der Waals surface area contributed by atoms with Gasteiger partial charge < -0.3 is 0 Å². The molecule has 5 aliphatic rings. The highest BCUT2D eigenvalue weighted by Gasteiger charge is 1.95. The largest absolute Gasteiger partial charge is 0.0885 e. The molecule has 0 N–H and O–H groups in total. The highest BCUT2D eigenvalue weighted by molar-refractivity contribution is 5.76. The van der Waals surface area contributed by atoms with Crippen LogP contribution in [-0.2, 0) is 0 Å². The third-order valence-electron chi connectivity index (χ3n) is 6.24. The van der Waals surface area contributed by atoms with Crippen molar-refractivity contribution in [3.8, 4) is 0 Å². The fraction of sp³-hybridized carbons (Fsp3) is 0.500. The summed E-state index contributed by atoms with van der Waals surface area (Å²) in [5, 5.41) is 0. The highest BCUT2D eigenvalue weighted by atomic mass is 14.0. The SMILES string of the molecule is C1=CCC=CC1.C1=CCCC=C1.C1=CCCCC1.C1=CCCCC1.C1CCCCC1.[B].[B].[B].[B].[B].[B].c1ccccc1. The molecule has 1 aromatic carbocycles. The summed E-state index contributed by atoms with van der Waals surface area (Å²) in [7, 11) is 0. The summed E-state index contributed by atoms with van der Waals surface area (Å²) in [5.74, 6) is 0. The fourth-order valence-electron chi connectivity index (χ4n) is 4.05. The van der Waals surface area contributed by atoms with Crippen molar-refractivity contribution < 1.29 is 0 Å². The van der Waals surface area contributed by atoms with Crippen molar-refractivity contribution in [1.29, 1.82) is 0 Å². The summed E-state index contributed by atoms with van der Waals surface area (Å²) in [6.07, 6.45) is 51.0. The number of hydrogen-bond donors (Lipinski definition) is 0. The van der Waals surface area contributed by atoms with Gasteiger partial charge in [-0.1, -0.05) is 148 Å². The van der Waals surface area contributed by atoms with Crippen molar-refractivity contribution in [1.82, 2.24) is 0 Å². The van der Waals surface area contributed by atoms with Crippen molar-refractivity contribution in [2.45, 2.75) is 116 Å². The molecular weight excluding hydrogens is 497 g/mol. The Bertz CT molecular complexity index is 626. The van der Waals surface area contributed by atoms with Gasteiger partial charge in [-0.05, 0) is 77.0 Å². The second kappa shape index (κ2) is 48.8. The molecule has 0 spiro atoms. The Kier molecular flexibility index (Phi) is 61.2. The summed E-state index contributed by atoms with van der Waals surface area (Å²) < 4.78 is 0. The third kappa shape index (κ3) is 45.0. The molecule has 1 saturated carbocycles. The van der Waals surface area contributed by atoms with Crippen molar-refractivity contribution in [2.75, 3.05) is 0 Å². The maximum absolute atomic E-state index is 2.27. The van der Waals surface area contributed by atoms with E-state index in [0.29, 0.717) is 0 Å². The van der Waals surface area contributed by atoms with E-state index in [4.69, 9.17) is 0 Å². The minimum absolute atomic E-state index is 0. The summed E-state index contributed by atoms with van der Waals surface area (Å²) in [6.45, 7) is 0. The Labute approximate surface area is 274 Å². The maximum Gasteiger partial charge on any atom is 0 e. The van der Waals surface area contributed by atoms with Gasteiger partial charge in [-0.25, -0.2) is 0 Å². The lowest BCUT2D eigenvalue weighted by atomic mass is 10.0. The van der Waals surface area contributed by atoms with E-state index in [-0.39, 0.29) is 50.5 Å². The molecular formula is C36H54B6. The van der Waals surface area contributed by atoms with Crippen LogP contribution < -0.4 is 0 Å². The van der Waals surface area contributed by atoms with Crippen LogP contribution in [0.3, 0.4) is 0 Å². The Balaban J connectivity index is -0.0000000900. The van der Waals surface area contributed by atoms with Gasteiger partial charge in [-0.3, -0.25) is 0 Å². The molecule has 0 bridgehead atoms. The predicted molar refractivity (Wildman–Crippen MR) is 199 cm³/mol. The smallest absolute Gasteiger partial charge is 0 e. The van der Waals surface area contributed by atoms with E-state index in [0.717, 1.165) is 12.8 Å². The van der Waals surface area contributed by atoms with E-state index in [1.54, 1.807) is 0 Å². The van der Waals surface area contributed by atoms with Crippen LogP contribution in [0.15, 0.2) is 109 Å². The zero-order valence-electron chi connectivity index (χ0n) is 26.6. The number of hydrogen-bond acceptors (Lipinski definition) is 0. The van der Waals surface area contributed by atoms with Gasteiger partial charge >= 0.3 is 0 Å². The molecule has 0 atom stereocenters. The number of benzene rings is 1. The average Bonchev–Trinajstić information content (AvgIpc) is 3.04. The summed E-state index contributed by atoms with van der Waals surface area (Å²) in [4.78, 5) is 0. The van der Waals surface area contributed by atoms with E-state index in [9.17, 15) is 0 Å². The topological polar surface area (TPSA) is 0 Å². The standard InChI is InChI=1S/C6H12.2C6H10.2C6H8.C6H6.6B/c6*1-2-4-6-5-3-1;;;;;;/h1-6H2;2*1-2H,3-6H2;1-2,5-6H,3-4H2;1-4H,5-6H2;1-6H;;;;;;. The molecule has 0 heterocycles. The van der Waals surface area contributed by atoms with Crippen LogP contribution in [0.25, 0.3) is 0 Å². The molecule has 1 fully saturated rings. The molecule has 0 aliphatic heterocycles. The fourth-order valence-corrected chi connectivity index (χ4v) is 4.05. The first-order valence-electron chi connectivity index (χ1n) is 14.9. The van der Waals surface area contributed by atoms with Crippen LogP contribution >= 0.6 is 0 Å². The van der Waals surface area contributed by atoms with E-state index in [2.05, 4.69) is 72.9 Å². The maximum atomic E-state index is 2.27. The van der Waals surface area contributed by atoms with Gasteiger partial charge in [0.2, 0.25) is 0 Å². The normalized spacial score (nSPS) is 16.0. The van der Waals surface area contributed by atoms with Gasteiger partial charge in [0.15, 0.2) is 0 Å². The molecule has 42 heavy (non-hydrogen) atoms. The minimum atomic E-state index is 0. The lowest BCUT2D eigenvalue weighted by Crippen LogP contribution is -1.85. The molecule has 18 radical (unpaired) electrons. The highest BCUT2D eigenvalue weighted by Crippen LogP contribution is 2.15. The van der Waals surface area contributed by atoms with Crippen LogP contribution in [0.5, 0.6) is 0 Å². The van der Waals surface area contributed by atoms with Gasteiger partial charge in [0.1, 0.15) is 0 Å². The Morgan fingerprint density at radius 2 is 0.452 bits per heavy atom. The predicted octanol–water partition coefficient (Wildman–Crippen LogP) is 9.76. The van der Waals surface area contributed by atoms with Gasteiger partial charge in [0.05, 0.1) is 0 Å². The monoisotopic (exact) mass is 552 g/mol. The first-order valence-corrected chi connectivity index (χ1v) is 14.9. The minimum Gasteiger partial charge on any atom is -0.0885 e. The Morgan fingerprint density at radius 1 is 0.214 bits per heavy atom. The third-order valence-corrected chi connectivity index (χ3v) is 6.24. The molecule has 0 aromatic heterocycles.